The molecule has 0 bridgehead atoms. The Kier molecular flexibility index (Phi) is 3.27. The number of aromatic amines is 1. The maximum Gasteiger partial charge on any atom is 0.285 e. The first-order chi connectivity index (χ1) is 6.16. The topological polar surface area (TPSA) is 75.0 Å². The summed E-state index contributed by atoms with van der Waals surface area (Å²) in [6, 6.07) is 0. The van der Waals surface area contributed by atoms with Crippen LogP contribution in [0.1, 0.15) is 0 Å². The maximum absolute atomic E-state index is 11.0. The fourth-order valence-electron chi connectivity index (χ4n) is 0.954. The smallest absolute Gasteiger partial charge is 0.285 e. The van der Waals surface area contributed by atoms with Crippen LogP contribution in [0.4, 0.5) is 5.69 Å². The van der Waals surface area contributed by atoms with Gasteiger partial charge in [0.2, 0.25) is 0 Å². The van der Waals surface area contributed by atoms with Crippen molar-refractivity contribution in [2.45, 2.75) is 0 Å². The summed E-state index contributed by atoms with van der Waals surface area (Å²) in [6.07, 6.45) is 1.50. The summed E-state index contributed by atoms with van der Waals surface area (Å²) in [6.45, 7) is 1.13. The van der Waals surface area contributed by atoms with Gasteiger partial charge in [-0.1, -0.05) is 11.6 Å². The molecular formula is C7H11ClN4O. The third-order valence-corrected chi connectivity index (χ3v) is 2.02. The highest BCUT2D eigenvalue weighted by Crippen LogP contribution is 2.17. The van der Waals surface area contributed by atoms with Crippen LogP contribution in [0.2, 0.25) is 5.02 Å². The van der Waals surface area contributed by atoms with Crippen LogP contribution in [0.5, 0.6) is 0 Å². The highest BCUT2D eigenvalue weighted by atomic mass is 35.5. The second kappa shape index (κ2) is 4.25. The van der Waals surface area contributed by atoms with Gasteiger partial charge in [0.15, 0.2) is 0 Å². The van der Waals surface area contributed by atoms with E-state index in [4.69, 9.17) is 17.3 Å². The van der Waals surface area contributed by atoms with E-state index in [1.54, 1.807) is 11.9 Å². The van der Waals surface area contributed by atoms with Crippen molar-refractivity contribution in [3.05, 3.63) is 21.6 Å². The van der Waals surface area contributed by atoms with Gasteiger partial charge in [-0.25, -0.2) is 5.10 Å². The lowest BCUT2D eigenvalue weighted by molar-refractivity contribution is 0.869. The van der Waals surface area contributed by atoms with E-state index in [0.717, 1.165) is 0 Å². The van der Waals surface area contributed by atoms with Crippen LogP contribution in [0.25, 0.3) is 0 Å². The Morgan fingerprint density at radius 2 is 2.46 bits per heavy atom. The second-order valence-corrected chi connectivity index (χ2v) is 2.99. The molecule has 0 radical (unpaired) electrons. The molecule has 72 valence electrons. The van der Waals surface area contributed by atoms with E-state index in [2.05, 4.69) is 10.2 Å². The number of hydrogen-bond donors (Lipinski definition) is 2. The number of H-pyrrole nitrogens is 1. The molecule has 0 saturated carbocycles. The minimum absolute atomic E-state index is 0.144. The molecule has 0 aromatic carbocycles. The number of halogens is 1. The summed E-state index contributed by atoms with van der Waals surface area (Å²) in [7, 11) is 1.80. The van der Waals surface area contributed by atoms with Gasteiger partial charge in [-0.2, -0.15) is 5.10 Å². The SMILES string of the molecule is CN(CCN)c1cn[nH]c(=O)c1Cl. The lowest BCUT2D eigenvalue weighted by Crippen LogP contribution is -2.27. The van der Waals surface area contributed by atoms with E-state index in [9.17, 15) is 4.79 Å². The summed E-state index contributed by atoms with van der Waals surface area (Å²) in [4.78, 5) is 12.8. The van der Waals surface area contributed by atoms with Crippen LogP contribution in [-0.2, 0) is 0 Å². The molecule has 5 nitrogen and oxygen atoms in total. The van der Waals surface area contributed by atoms with Crippen molar-refractivity contribution >= 4 is 17.3 Å². The molecule has 3 N–H and O–H groups in total. The van der Waals surface area contributed by atoms with Crippen molar-refractivity contribution in [3.8, 4) is 0 Å². The monoisotopic (exact) mass is 202 g/mol. The van der Waals surface area contributed by atoms with E-state index in [1.165, 1.54) is 6.20 Å². The maximum atomic E-state index is 11.0. The molecule has 0 aliphatic heterocycles. The molecular weight excluding hydrogens is 192 g/mol. The number of nitrogens with two attached hydrogens (primary N) is 1. The molecule has 0 spiro atoms. The zero-order valence-corrected chi connectivity index (χ0v) is 8.01. The summed E-state index contributed by atoms with van der Waals surface area (Å²) in [5.41, 5.74) is 5.57. The number of hydrogen-bond acceptors (Lipinski definition) is 4. The van der Waals surface area contributed by atoms with Crippen molar-refractivity contribution in [3.63, 3.8) is 0 Å². The zero-order valence-electron chi connectivity index (χ0n) is 7.25. The molecule has 0 aliphatic rings. The molecule has 0 saturated heterocycles. The van der Waals surface area contributed by atoms with Crippen molar-refractivity contribution < 1.29 is 0 Å². The zero-order chi connectivity index (χ0) is 9.84. The Balaban J connectivity index is 3.00. The van der Waals surface area contributed by atoms with Gasteiger partial charge in [-0.15, -0.1) is 0 Å². The Labute approximate surface area is 80.5 Å². The predicted octanol–water partition coefficient (Wildman–Crippen LogP) is -0.182. The van der Waals surface area contributed by atoms with E-state index in [0.29, 0.717) is 18.8 Å². The molecule has 13 heavy (non-hydrogen) atoms. The molecule has 1 aromatic heterocycles. The van der Waals surface area contributed by atoms with Crippen LogP contribution in [0, 0.1) is 0 Å². The number of likely N-dealkylation sites (N-methyl/N-ethyl adjacent to an activating group) is 1. The van der Waals surface area contributed by atoms with Crippen LogP contribution < -0.4 is 16.2 Å². The van der Waals surface area contributed by atoms with Gasteiger partial charge in [0, 0.05) is 20.1 Å². The Bertz CT molecular complexity index is 338. The van der Waals surface area contributed by atoms with Gasteiger partial charge in [0.1, 0.15) is 5.02 Å². The third kappa shape index (κ3) is 2.19. The number of nitrogens with one attached hydrogen (secondary N) is 1. The molecule has 0 unspecified atom stereocenters. The van der Waals surface area contributed by atoms with Gasteiger partial charge < -0.3 is 10.6 Å². The third-order valence-electron chi connectivity index (χ3n) is 1.65. The Morgan fingerprint density at radius 3 is 3.08 bits per heavy atom. The highest BCUT2D eigenvalue weighted by molar-refractivity contribution is 6.32. The van der Waals surface area contributed by atoms with Crippen LogP contribution in [0.15, 0.2) is 11.0 Å². The average Bonchev–Trinajstić information content (AvgIpc) is 2.10. The number of nitrogens with zero attached hydrogens (tertiary/aromatic N) is 2. The molecule has 1 aromatic rings. The highest BCUT2D eigenvalue weighted by Gasteiger charge is 2.08. The standard InChI is InChI=1S/C7H11ClN4O/c1-12(3-2-9)5-4-10-11-7(13)6(5)8/h4H,2-3,9H2,1H3,(H,11,13). The largest absolute Gasteiger partial charge is 0.371 e. The van der Waals surface area contributed by atoms with E-state index < -0.39 is 0 Å². The summed E-state index contributed by atoms with van der Waals surface area (Å²) < 4.78 is 0. The van der Waals surface area contributed by atoms with Crippen LogP contribution in [0.3, 0.4) is 0 Å². The van der Waals surface area contributed by atoms with Crippen LogP contribution in [-0.4, -0.2) is 30.3 Å². The first-order valence-electron chi connectivity index (χ1n) is 3.81. The van der Waals surface area contributed by atoms with Crippen molar-refractivity contribution in [2.24, 2.45) is 5.73 Å². The van der Waals surface area contributed by atoms with Gasteiger partial charge in [-0.3, -0.25) is 4.79 Å². The van der Waals surface area contributed by atoms with E-state index >= 15 is 0 Å². The van der Waals surface area contributed by atoms with Gasteiger partial charge in [0.05, 0.1) is 11.9 Å². The van der Waals surface area contributed by atoms with Crippen molar-refractivity contribution in [1.82, 2.24) is 10.2 Å². The summed E-state index contributed by atoms with van der Waals surface area (Å²) >= 11 is 5.76. The van der Waals surface area contributed by atoms with Gasteiger partial charge >= 0.3 is 0 Å². The molecule has 1 heterocycles. The molecule has 0 amide bonds. The minimum atomic E-state index is -0.386. The minimum Gasteiger partial charge on any atom is -0.371 e. The molecule has 0 fully saturated rings. The van der Waals surface area contributed by atoms with E-state index in [-0.39, 0.29) is 10.6 Å². The fourth-order valence-corrected chi connectivity index (χ4v) is 1.19. The lowest BCUT2D eigenvalue weighted by atomic mass is 10.4. The summed E-state index contributed by atoms with van der Waals surface area (Å²) in [5.74, 6) is 0. The normalized spacial score (nSPS) is 10.1. The lowest BCUT2D eigenvalue weighted by Gasteiger charge is -2.17. The van der Waals surface area contributed by atoms with Gasteiger partial charge in [-0.05, 0) is 0 Å². The Morgan fingerprint density at radius 1 is 1.77 bits per heavy atom. The number of aromatic nitrogens is 2. The molecule has 1 rings (SSSR count). The first-order valence-corrected chi connectivity index (χ1v) is 4.19. The quantitative estimate of drug-likeness (QED) is 0.713. The first kappa shape index (κ1) is 10.0. The van der Waals surface area contributed by atoms with Crippen molar-refractivity contribution in [1.29, 1.82) is 0 Å². The van der Waals surface area contributed by atoms with E-state index in [1.807, 2.05) is 0 Å². The predicted molar refractivity (Wildman–Crippen MR) is 52.2 cm³/mol. The molecule has 0 aliphatic carbocycles. The summed E-state index contributed by atoms with van der Waals surface area (Å²) in [5, 5.41) is 6.03. The van der Waals surface area contributed by atoms with Crippen molar-refractivity contribution in [2.75, 3.05) is 25.0 Å². The average molecular weight is 203 g/mol. The fraction of sp³-hybridized carbons (Fsp3) is 0.429. The Hall–Kier alpha value is -1.07. The molecule has 0 atom stereocenters. The second-order valence-electron chi connectivity index (χ2n) is 2.61. The number of anilines is 1. The van der Waals surface area contributed by atoms with Gasteiger partial charge in [0.25, 0.3) is 5.56 Å². The molecule has 6 heteroatoms. The number of rotatable bonds is 3. The van der Waals surface area contributed by atoms with Crippen LogP contribution >= 0.6 is 11.6 Å².